The van der Waals surface area contributed by atoms with Crippen LogP contribution in [0.3, 0.4) is 0 Å². The van der Waals surface area contributed by atoms with Crippen molar-refractivity contribution in [2.45, 2.75) is 62.6 Å². The van der Waals surface area contributed by atoms with E-state index in [0.717, 1.165) is 24.8 Å². The molecule has 1 aromatic rings. The Morgan fingerprint density at radius 3 is 2.39 bits per heavy atom. The normalized spacial score (nSPS) is 31.8. The van der Waals surface area contributed by atoms with Crippen molar-refractivity contribution in [1.29, 1.82) is 0 Å². The first kappa shape index (κ1) is 24.1. The van der Waals surface area contributed by atoms with E-state index in [1.165, 1.54) is 0 Å². The summed E-state index contributed by atoms with van der Waals surface area (Å²) >= 11 is 0. The summed E-state index contributed by atoms with van der Waals surface area (Å²) in [4.78, 5) is 12.9. The highest BCUT2D eigenvalue weighted by molar-refractivity contribution is 7.86. The van der Waals surface area contributed by atoms with Gasteiger partial charge in [-0.3, -0.25) is 9.35 Å². The Hall–Kier alpha value is -2.04. The summed E-state index contributed by atoms with van der Waals surface area (Å²) in [6.07, 6.45) is 4.81. The van der Waals surface area contributed by atoms with Gasteiger partial charge in [0.05, 0.1) is 11.0 Å². The Kier molecular flexibility index (Phi) is 6.07. The molecule has 33 heavy (non-hydrogen) atoms. The zero-order valence-corrected chi connectivity index (χ0v) is 19.2. The minimum Gasteiger partial charge on any atom is -0.465 e. The molecular weight excluding hydrogens is 458 g/mol. The molecule has 1 aromatic carbocycles. The zero-order chi connectivity index (χ0) is 24.1. The molecule has 4 saturated carbocycles. The number of benzene rings is 1. The molecule has 182 valence electrons. The number of carbonyl (C=O) groups is 1. The maximum atomic E-state index is 13.6. The van der Waals surface area contributed by atoms with E-state index in [0.29, 0.717) is 25.0 Å². The van der Waals surface area contributed by atoms with Gasteiger partial charge in [-0.25, -0.2) is 0 Å². The fraction of sp³-hybridized carbons (Fsp3) is 0.609. The fourth-order valence-electron chi connectivity index (χ4n) is 6.18. The van der Waals surface area contributed by atoms with E-state index >= 15 is 0 Å². The van der Waals surface area contributed by atoms with Gasteiger partial charge in [0.25, 0.3) is 0 Å². The average molecular weight is 487 g/mol. The highest BCUT2D eigenvalue weighted by atomic mass is 32.2. The van der Waals surface area contributed by atoms with Crippen molar-refractivity contribution in [3.05, 3.63) is 36.4 Å². The first-order valence-corrected chi connectivity index (χ1v) is 12.4. The lowest BCUT2D eigenvalue weighted by atomic mass is 9.48. The van der Waals surface area contributed by atoms with Crippen molar-refractivity contribution >= 4 is 22.2 Å². The van der Waals surface area contributed by atoms with Gasteiger partial charge in [-0.15, -0.1) is 0 Å². The number of hydrogen-bond acceptors (Lipinski definition) is 6. The number of halogens is 2. The number of carbonyl (C=O) groups excluding carboxylic acids is 1. The van der Waals surface area contributed by atoms with Gasteiger partial charge in [-0.1, -0.05) is 24.8 Å². The lowest BCUT2D eigenvalue weighted by molar-refractivity contribution is -0.248. The van der Waals surface area contributed by atoms with Crippen LogP contribution in [-0.4, -0.2) is 42.7 Å². The molecule has 0 aliphatic heterocycles. The van der Waals surface area contributed by atoms with E-state index in [-0.39, 0.29) is 11.8 Å². The molecule has 7 nitrogen and oxygen atoms in total. The van der Waals surface area contributed by atoms with Crippen molar-refractivity contribution in [2.24, 2.45) is 17.3 Å². The number of ether oxygens (including phenoxy) is 3. The fourth-order valence-corrected chi connectivity index (χ4v) is 6.39. The predicted molar refractivity (Wildman–Crippen MR) is 115 cm³/mol. The van der Waals surface area contributed by atoms with Crippen LogP contribution >= 0.6 is 0 Å². The summed E-state index contributed by atoms with van der Waals surface area (Å²) < 4.78 is 74.6. The van der Waals surface area contributed by atoms with Crippen LogP contribution in [0.4, 0.5) is 8.78 Å². The highest BCUT2D eigenvalue weighted by Crippen LogP contribution is 2.63. The van der Waals surface area contributed by atoms with Gasteiger partial charge < -0.3 is 14.2 Å². The van der Waals surface area contributed by atoms with Crippen LogP contribution in [0.5, 0.6) is 5.75 Å². The van der Waals surface area contributed by atoms with E-state index in [9.17, 15) is 22.0 Å². The van der Waals surface area contributed by atoms with Crippen LogP contribution < -0.4 is 4.74 Å². The molecule has 4 aliphatic carbocycles. The van der Waals surface area contributed by atoms with Gasteiger partial charge in [0, 0.05) is 0 Å². The Labute approximate surface area is 191 Å². The van der Waals surface area contributed by atoms with Crippen LogP contribution in [-0.2, 0) is 24.4 Å². The standard InChI is InChI=1S/C23H28F2O7S/c1-3-16-4-6-19(7-5-16)31-15(2)32-22-11-17-8-18(12-22)10-21(9-17,13-22)20(26)30-14-23(24,25)33(27,28)29/h3-7,15,17-18H,1,8-14H2,2H3,(H,27,28,29). The molecule has 0 radical (unpaired) electrons. The summed E-state index contributed by atoms with van der Waals surface area (Å²) in [5, 5.41) is -4.55. The minimum atomic E-state index is -5.67. The number of hydrogen-bond donors (Lipinski definition) is 1. The van der Waals surface area contributed by atoms with Gasteiger partial charge in [0.2, 0.25) is 0 Å². The molecule has 0 amide bonds. The number of esters is 1. The molecule has 0 saturated heterocycles. The van der Waals surface area contributed by atoms with Crippen molar-refractivity contribution in [3.63, 3.8) is 0 Å². The largest absolute Gasteiger partial charge is 0.465 e. The Morgan fingerprint density at radius 2 is 1.85 bits per heavy atom. The second-order valence-electron chi connectivity index (χ2n) is 9.69. The quantitative estimate of drug-likeness (QED) is 0.313. The summed E-state index contributed by atoms with van der Waals surface area (Å²) in [5.41, 5.74) is -0.697. The molecule has 0 heterocycles. The third kappa shape index (κ3) is 4.79. The molecule has 5 rings (SSSR count). The lowest BCUT2D eigenvalue weighted by Crippen LogP contribution is -2.60. The first-order valence-electron chi connectivity index (χ1n) is 10.9. The SMILES string of the molecule is C=Cc1ccc(OC(C)OC23CC4CC(C2)CC(C(=O)OCC(F)(F)S(=O)(=O)O)(C4)C3)cc1. The van der Waals surface area contributed by atoms with Crippen molar-refractivity contribution in [2.75, 3.05) is 6.61 Å². The summed E-state index contributed by atoms with van der Waals surface area (Å²) in [5.74, 6) is 0.126. The van der Waals surface area contributed by atoms with Gasteiger partial charge >= 0.3 is 21.3 Å². The van der Waals surface area contributed by atoms with E-state index in [4.69, 9.17) is 18.8 Å². The predicted octanol–water partition coefficient (Wildman–Crippen LogP) is 4.43. The first-order chi connectivity index (χ1) is 15.4. The Bertz CT molecular complexity index is 1010. The smallest absolute Gasteiger partial charge is 0.402 e. The highest BCUT2D eigenvalue weighted by Gasteiger charge is 2.63. The van der Waals surface area contributed by atoms with Crippen LogP contribution in [0.15, 0.2) is 30.8 Å². The minimum absolute atomic E-state index is 0.181. The van der Waals surface area contributed by atoms with Crippen molar-refractivity contribution in [1.82, 2.24) is 0 Å². The van der Waals surface area contributed by atoms with Gasteiger partial charge in [0.1, 0.15) is 5.75 Å². The molecule has 0 spiro atoms. The average Bonchev–Trinajstić information content (AvgIpc) is 2.70. The van der Waals surface area contributed by atoms with E-state index in [2.05, 4.69) is 6.58 Å². The Morgan fingerprint density at radius 1 is 1.24 bits per heavy atom. The third-order valence-electron chi connectivity index (χ3n) is 7.02. The maximum Gasteiger partial charge on any atom is 0.402 e. The van der Waals surface area contributed by atoms with Gasteiger partial charge in [-0.05, 0) is 75.0 Å². The molecule has 3 atom stereocenters. The second kappa shape index (κ2) is 8.32. The second-order valence-corrected chi connectivity index (χ2v) is 11.2. The number of alkyl halides is 2. The molecular formula is C23H28F2O7S. The maximum absolute atomic E-state index is 13.6. The molecule has 0 aromatic heterocycles. The summed E-state index contributed by atoms with van der Waals surface area (Å²) in [6.45, 7) is 3.78. The molecule has 4 fully saturated rings. The lowest BCUT2D eigenvalue weighted by Gasteiger charge is -2.60. The molecule has 3 unspecified atom stereocenters. The number of rotatable bonds is 9. The summed E-state index contributed by atoms with van der Waals surface area (Å²) in [7, 11) is -5.67. The molecule has 1 N–H and O–H groups in total. The molecule has 4 bridgehead atoms. The van der Waals surface area contributed by atoms with E-state index in [1.54, 1.807) is 13.0 Å². The molecule has 10 heteroatoms. The topological polar surface area (TPSA) is 99.1 Å². The van der Waals surface area contributed by atoms with Crippen LogP contribution in [0.2, 0.25) is 0 Å². The van der Waals surface area contributed by atoms with Gasteiger partial charge in [0.15, 0.2) is 12.9 Å². The van der Waals surface area contributed by atoms with E-state index < -0.39 is 45.3 Å². The van der Waals surface area contributed by atoms with Crippen LogP contribution in [0, 0.1) is 17.3 Å². The molecule has 4 aliphatic rings. The monoisotopic (exact) mass is 486 g/mol. The van der Waals surface area contributed by atoms with Crippen molar-refractivity contribution < 1.29 is 40.8 Å². The van der Waals surface area contributed by atoms with Gasteiger partial charge in [-0.2, -0.15) is 17.2 Å². The zero-order valence-electron chi connectivity index (χ0n) is 18.3. The Balaban J connectivity index is 1.45. The van der Waals surface area contributed by atoms with Crippen LogP contribution in [0.1, 0.15) is 51.0 Å². The van der Waals surface area contributed by atoms with Crippen LogP contribution in [0.25, 0.3) is 6.08 Å². The van der Waals surface area contributed by atoms with E-state index in [1.807, 2.05) is 24.3 Å². The third-order valence-corrected chi connectivity index (χ3v) is 7.90. The summed E-state index contributed by atoms with van der Waals surface area (Å²) in [6, 6.07) is 7.36. The van der Waals surface area contributed by atoms with Crippen molar-refractivity contribution in [3.8, 4) is 5.75 Å².